The molecule has 0 radical (unpaired) electrons. The Hall–Kier alpha value is -4.03. The third kappa shape index (κ3) is 5.63. The fourth-order valence-electron chi connectivity index (χ4n) is 6.82. The standard InChI is InChI=1S/C38H39BrN2O3/c1-22-17-26(38(5,6)7)18-23(2)34(22)36-30-15-11-9-13-28(30)35(29-14-10-12-16-31(29)36)32(21-41(40-43)37(42)44-8)33-24(3)19-27(39)20-25(33)4/h9-20,32H,21H2,1-8H3. The number of aryl methyl sites for hydroxylation is 4. The lowest BCUT2D eigenvalue weighted by atomic mass is 9.77. The van der Waals surface area contributed by atoms with Crippen molar-refractivity contribution in [2.45, 2.75) is 59.8 Å². The molecular weight excluding hydrogens is 612 g/mol. The molecule has 5 aromatic rings. The summed E-state index contributed by atoms with van der Waals surface area (Å²) < 4.78 is 5.93. The van der Waals surface area contributed by atoms with Crippen LogP contribution in [0.1, 0.15) is 65.6 Å². The fraction of sp³-hybridized carbons (Fsp3) is 0.289. The Labute approximate surface area is 268 Å². The summed E-state index contributed by atoms with van der Waals surface area (Å²) in [5.41, 5.74) is 10.4. The van der Waals surface area contributed by atoms with E-state index in [1.54, 1.807) is 0 Å². The zero-order valence-corrected chi connectivity index (χ0v) is 28.3. The van der Waals surface area contributed by atoms with Crippen molar-refractivity contribution in [1.82, 2.24) is 5.01 Å². The predicted octanol–water partition coefficient (Wildman–Crippen LogP) is 10.8. The number of hydrogen-bond donors (Lipinski definition) is 0. The van der Waals surface area contributed by atoms with Crippen LogP contribution in [0.2, 0.25) is 0 Å². The van der Waals surface area contributed by atoms with Gasteiger partial charge in [-0.15, -0.1) is 4.91 Å². The van der Waals surface area contributed by atoms with Crippen LogP contribution >= 0.6 is 15.9 Å². The topological polar surface area (TPSA) is 59.0 Å². The molecule has 0 bridgehead atoms. The zero-order valence-electron chi connectivity index (χ0n) is 26.7. The molecule has 0 aliphatic heterocycles. The maximum Gasteiger partial charge on any atom is 0.432 e. The number of rotatable bonds is 6. The molecule has 0 aliphatic carbocycles. The van der Waals surface area contributed by atoms with Crippen molar-refractivity contribution in [2.75, 3.05) is 13.7 Å². The van der Waals surface area contributed by atoms with Gasteiger partial charge >= 0.3 is 6.09 Å². The van der Waals surface area contributed by atoms with Crippen LogP contribution in [0.25, 0.3) is 32.7 Å². The van der Waals surface area contributed by atoms with E-state index in [4.69, 9.17) is 4.74 Å². The van der Waals surface area contributed by atoms with Gasteiger partial charge in [0.25, 0.3) is 0 Å². The molecule has 0 saturated carbocycles. The van der Waals surface area contributed by atoms with Crippen LogP contribution in [0, 0.1) is 32.6 Å². The van der Waals surface area contributed by atoms with Gasteiger partial charge in [-0.25, -0.2) is 4.79 Å². The number of methoxy groups -OCH3 is 1. The molecule has 5 aromatic carbocycles. The molecule has 5 rings (SSSR count). The predicted molar refractivity (Wildman–Crippen MR) is 185 cm³/mol. The van der Waals surface area contributed by atoms with Crippen LogP contribution in [0.4, 0.5) is 4.79 Å². The van der Waals surface area contributed by atoms with Gasteiger partial charge in [0.05, 0.1) is 18.9 Å². The number of nitroso groups, excluding NO2 is 1. The number of hydrogen-bond acceptors (Lipinski definition) is 4. The minimum absolute atomic E-state index is 0.0329. The second kappa shape index (κ2) is 12.2. The first-order chi connectivity index (χ1) is 20.9. The number of carbonyl (C=O) groups is 1. The average molecular weight is 652 g/mol. The molecule has 0 aliphatic rings. The number of carbonyl (C=O) groups excluding carboxylic acids is 1. The summed E-state index contributed by atoms with van der Waals surface area (Å²) in [4.78, 5) is 24.7. The Morgan fingerprint density at radius 3 is 1.68 bits per heavy atom. The number of halogens is 1. The van der Waals surface area contributed by atoms with E-state index in [9.17, 15) is 9.70 Å². The van der Waals surface area contributed by atoms with E-state index in [-0.39, 0.29) is 17.9 Å². The molecule has 0 aromatic heterocycles. The monoisotopic (exact) mass is 650 g/mol. The number of fused-ring (bicyclic) bond motifs is 2. The SMILES string of the molecule is COC(=O)N(CC(c1c(C)cc(Br)cc1C)c1c2ccccc2c(-c2c(C)cc(C(C)(C)C)cc2C)c2ccccc12)N=O. The first-order valence-electron chi connectivity index (χ1n) is 14.9. The smallest absolute Gasteiger partial charge is 0.432 e. The molecule has 0 heterocycles. The Kier molecular flexibility index (Phi) is 8.68. The Balaban J connectivity index is 1.93. The van der Waals surface area contributed by atoms with Crippen molar-refractivity contribution < 1.29 is 9.53 Å². The van der Waals surface area contributed by atoms with E-state index in [0.717, 1.165) is 53.3 Å². The molecule has 0 fully saturated rings. The number of amides is 1. The van der Waals surface area contributed by atoms with Gasteiger partial charge < -0.3 is 4.74 Å². The van der Waals surface area contributed by atoms with Crippen molar-refractivity contribution in [1.29, 1.82) is 0 Å². The first-order valence-corrected chi connectivity index (χ1v) is 15.7. The molecule has 1 amide bonds. The van der Waals surface area contributed by atoms with E-state index < -0.39 is 6.09 Å². The van der Waals surface area contributed by atoms with Gasteiger partial charge in [0.15, 0.2) is 0 Å². The third-order valence-electron chi connectivity index (χ3n) is 8.72. The number of ether oxygens (including phenoxy) is 1. The minimum atomic E-state index is -0.784. The average Bonchev–Trinajstić information content (AvgIpc) is 2.97. The largest absolute Gasteiger partial charge is 0.451 e. The molecule has 6 heteroatoms. The number of nitrogens with zero attached hydrogens (tertiary/aromatic N) is 2. The summed E-state index contributed by atoms with van der Waals surface area (Å²) in [6, 6.07) is 25.8. The highest BCUT2D eigenvalue weighted by Gasteiger charge is 2.30. The summed E-state index contributed by atoms with van der Waals surface area (Å²) in [6.07, 6.45) is -0.784. The maximum atomic E-state index is 12.7. The van der Waals surface area contributed by atoms with Gasteiger partial charge in [0.2, 0.25) is 0 Å². The van der Waals surface area contributed by atoms with Gasteiger partial charge in [-0.2, -0.15) is 5.01 Å². The van der Waals surface area contributed by atoms with Crippen LogP contribution in [0.5, 0.6) is 0 Å². The molecule has 0 N–H and O–H groups in total. The van der Waals surface area contributed by atoms with Crippen molar-refractivity contribution in [2.24, 2.45) is 5.29 Å². The normalized spacial score (nSPS) is 12.4. The van der Waals surface area contributed by atoms with E-state index in [2.05, 4.69) is 142 Å². The van der Waals surface area contributed by atoms with Gasteiger partial charge in [0.1, 0.15) is 0 Å². The first kappa shape index (κ1) is 31.4. The van der Waals surface area contributed by atoms with Gasteiger partial charge in [-0.3, -0.25) is 0 Å². The molecule has 44 heavy (non-hydrogen) atoms. The lowest BCUT2D eigenvalue weighted by Crippen LogP contribution is -2.31. The maximum absolute atomic E-state index is 12.7. The second-order valence-corrected chi connectivity index (χ2v) is 13.7. The molecule has 5 nitrogen and oxygen atoms in total. The lowest BCUT2D eigenvalue weighted by molar-refractivity contribution is 0.123. The molecule has 0 saturated heterocycles. The summed E-state index contributed by atoms with van der Waals surface area (Å²) in [7, 11) is 1.26. The highest BCUT2D eigenvalue weighted by Crippen LogP contribution is 2.47. The molecule has 0 spiro atoms. The van der Waals surface area contributed by atoms with E-state index in [1.165, 1.54) is 34.9 Å². The number of benzene rings is 5. The van der Waals surface area contributed by atoms with Crippen LogP contribution in [0.3, 0.4) is 0 Å². The lowest BCUT2D eigenvalue weighted by Gasteiger charge is -2.29. The van der Waals surface area contributed by atoms with Gasteiger partial charge in [0, 0.05) is 10.4 Å². The Morgan fingerprint density at radius 2 is 1.25 bits per heavy atom. The highest BCUT2D eigenvalue weighted by atomic mass is 79.9. The van der Waals surface area contributed by atoms with Crippen LogP contribution in [0.15, 0.2) is 82.6 Å². The van der Waals surface area contributed by atoms with E-state index in [1.807, 2.05) is 0 Å². The Bertz CT molecular complexity index is 1820. The van der Waals surface area contributed by atoms with E-state index >= 15 is 0 Å². The molecule has 1 atom stereocenters. The highest BCUT2D eigenvalue weighted by molar-refractivity contribution is 9.10. The summed E-state index contributed by atoms with van der Waals surface area (Å²) in [5, 5.41) is 8.38. The minimum Gasteiger partial charge on any atom is -0.451 e. The van der Waals surface area contributed by atoms with Gasteiger partial charge in [-0.1, -0.05) is 97.4 Å². The summed E-state index contributed by atoms with van der Waals surface area (Å²) in [6.45, 7) is 15.3. The van der Waals surface area contributed by atoms with Crippen molar-refractivity contribution in [3.05, 3.63) is 121 Å². The quantitative estimate of drug-likeness (QED) is 0.104. The van der Waals surface area contributed by atoms with Crippen molar-refractivity contribution in [3.63, 3.8) is 0 Å². The summed E-state index contributed by atoms with van der Waals surface area (Å²) >= 11 is 3.64. The van der Waals surface area contributed by atoms with Gasteiger partial charge in [-0.05, 0) is 117 Å². The Morgan fingerprint density at radius 1 is 0.773 bits per heavy atom. The second-order valence-electron chi connectivity index (χ2n) is 12.8. The fourth-order valence-corrected chi connectivity index (χ4v) is 7.50. The zero-order chi connectivity index (χ0) is 31.9. The van der Waals surface area contributed by atoms with Crippen LogP contribution < -0.4 is 0 Å². The third-order valence-corrected chi connectivity index (χ3v) is 9.17. The van der Waals surface area contributed by atoms with Crippen molar-refractivity contribution >= 4 is 43.6 Å². The molecular formula is C38H39BrN2O3. The summed E-state index contributed by atoms with van der Waals surface area (Å²) in [5.74, 6) is -0.366. The van der Waals surface area contributed by atoms with Crippen LogP contribution in [-0.4, -0.2) is 24.8 Å². The molecule has 1 unspecified atom stereocenters. The van der Waals surface area contributed by atoms with Crippen LogP contribution in [-0.2, 0) is 10.2 Å². The van der Waals surface area contributed by atoms with Crippen molar-refractivity contribution in [3.8, 4) is 11.1 Å². The van der Waals surface area contributed by atoms with E-state index in [0.29, 0.717) is 0 Å². The molecule has 226 valence electrons.